The first kappa shape index (κ1) is 11.6. The van der Waals surface area contributed by atoms with Crippen LogP contribution in [0.4, 0.5) is 0 Å². The van der Waals surface area contributed by atoms with E-state index in [1.54, 1.807) is 12.1 Å². The van der Waals surface area contributed by atoms with Gasteiger partial charge in [0.25, 0.3) is 0 Å². The summed E-state index contributed by atoms with van der Waals surface area (Å²) in [5, 5.41) is 10.8. The molecule has 0 amide bonds. The lowest BCUT2D eigenvalue weighted by Crippen LogP contribution is -1.99. The number of aliphatic hydroxyl groups excluding tert-OH is 1. The Labute approximate surface area is 108 Å². The number of hydrogen-bond acceptors (Lipinski definition) is 1. The first-order chi connectivity index (χ1) is 7.66. The average Bonchev–Trinajstić information content (AvgIpc) is 2.28. The zero-order valence-electron chi connectivity index (χ0n) is 8.40. The smallest absolute Gasteiger partial charge is 0.104 e. The average molecular weight is 298 g/mol. The van der Waals surface area contributed by atoms with Crippen LogP contribution in [0.5, 0.6) is 0 Å². The summed E-state index contributed by atoms with van der Waals surface area (Å²) in [6, 6.07) is 14.9. The highest BCUT2D eigenvalue weighted by molar-refractivity contribution is 9.10. The van der Waals surface area contributed by atoms with Crippen molar-refractivity contribution >= 4 is 27.5 Å². The van der Waals surface area contributed by atoms with Gasteiger partial charge in [0.2, 0.25) is 0 Å². The first-order valence-electron chi connectivity index (χ1n) is 4.86. The summed E-state index contributed by atoms with van der Waals surface area (Å²) in [6.07, 6.45) is -0.642. The van der Waals surface area contributed by atoms with Crippen LogP contribution in [0.2, 0.25) is 5.02 Å². The Morgan fingerprint density at radius 3 is 2.25 bits per heavy atom. The summed E-state index contributed by atoms with van der Waals surface area (Å²) in [6.45, 7) is 0. The predicted molar refractivity (Wildman–Crippen MR) is 69.7 cm³/mol. The van der Waals surface area contributed by atoms with Crippen molar-refractivity contribution in [1.82, 2.24) is 0 Å². The van der Waals surface area contributed by atoms with Crippen molar-refractivity contribution in [2.75, 3.05) is 0 Å². The minimum absolute atomic E-state index is 0.631. The minimum atomic E-state index is -0.642. The summed E-state index contributed by atoms with van der Waals surface area (Å²) in [5.41, 5.74) is 1.64. The topological polar surface area (TPSA) is 20.2 Å². The lowest BCUT2D eigenvalue weighted by Gasteiger charge is -2.11. The Morgan fingerprint density at radius 2 is 1.62 bits per heavy atom. The van der Waals surface area contributed by atoms with Crippen molar-refractivity contribution in [2.24, 2.45) is 0 Å². The van der Waals surface area contributed by atoms with E-state index in [1.807, 2.05) is 36.4 Å². The van der Waals surface area contributed by atoms with Crippen LogP contribution in [-0.4, -0.2) is 5.11 Å². The molecule has 0 aromatic heterocycles. The van der Waals surface area contributed by atoms with Crippen LogP contribution in [0.25, 0.3) is 0 Å². The molecule has 0 bridgehead atoms. The Balaban J connectivity index is 2.35. The van der Waals surface area contributed by atoms with Crippen molar-refractivity contribution in [2.45, 2.75) is 6.10 Å². The normalized spacial score (nSPS) is 12.4. The van der Waals surface area contributed by atoms with Gasteiger partial charge in [0.15, 0.2) is 0 Å². The van der Waals surface area contributed by atoms with E-state index >= 15 is 0 Å². The lowest BCUT2D eigenvalue weighted by molar-refractivity contribution is 0.220. The Bertz CT molecular complexity index is 453. The minimum Gasteiger partial charge on any atom is -0.384 e. The fourth-order valence-electron chi connectivity index (χ4n) is 1.55. The van der Waals surface area contributed by atoms with E-state index in [9.17, 15) is 5.11 Å². The van der Waals surface area contributed by atoms with Gasteiger partial charge in [-0.15, -0.1) is 0 Å². The van der Waals surface area contributed by atoms with Crippen LogP contribution in [0.3, 0.4) is 0 Å². The molecule has 1 N–H and O–H groups in total. The third kappa shape index (κ3) is 2.64. The van der Waals surface area contributed by atoms with Crippen LogP contribution in [0, 0.1) is 0 Å². The van der Waals surface area contributed by atoms with E-state index in [0.29, 0.717) is 5.02 Å². The standard InChI is InChI=1S/C13H10BrClO/c14-11-5-1-3-9(7-11)13(16)10-4-2-6-12(15)8-10/h1-8,13,16H. The zero-order chi connectivity index (χ0) is 11.5. The number of benzene rings is 2. The number of rotatable bonds is 2. The van der Waals surface area contributed by atoms with Gasteiger partial charge < -0.3 is 5.11 Å². The molecule has 2 rings (SSSR count). The molecule has 1 nitrogen and oxygen atoms in total. The molecular weight excluding hydrogens is 287 g/mol. The van der Waals surface area contributed by atoms with Gasteiger partial charge in [-0.05, 0) is 35.4 Å². The van der Waals surface area contributed by atoms with Gasteiger partial charge in [-0.2, -0.15) is 0 Å². The zero-order valence-corrected chi connectivity index (χ0v) is 10.7. The molecule has 1 atom stereocenters. The third-order valence-electron chi connectivity index (χ3n) is 2.33. The lowest BCUT2D eigenvalue weighted by atomic mass is 10.0. The molecule has 0 aliphatic heterocycles. The van der Waals surface area contributed by atoms with Gasteiger partial charge in [-0.25, -0.2) is 0 Å². The second-order valence-electron chi connectivity index (χ2n) is 3.51. The van der Waals surface area contributed by atoms with Crippen LogP contribution >= 0.6 is 27.5 Å². The van der Waals surface area contributed by atoms with Gasteiger partial charge in [0, 0.05) is 9.50 Å². The van der Waals surface area contributed by atoms with Gasteiger partial charge in [-0.3, -0.25) is 0 Å². The second-order valence-corrected chi connectivity index (χ2v) is 4.86. The van der Waals surface area contributed by atoms with Crippen LogP contribution in [-0.2, 0) is 0 Å². The van der Waals surface area contributed by atoms with Crippen LogP contribution < -0.4 is 0 Å². The molecular formula is C13H10BrClO. The highest BCUT2D eigenvalue weighted by Crippen LogP contribution is 2.25. The molecule has 82 valence electrons. The molecule has 0 saturated carbocycles. The maximum absolute atomic E-state index is 10.2. The first-order valence-corrected chi connectivity index (χ1v) is 6.03. The molecule has 3 heteroatoms. The maximum atomic E-state index is 10.2. The summed E-state index contributed by atoms with van der Waals surface area (Å²) in [5.74, 6) is 0. The number of halogens is 2. The molecule has 0 aliphatic carbocycles. The monoisotopic (exact) mass is 296 g/mol. The number of aliphatic hydroxyl groups is 1. The predicted octanol–water partition coefficient (Wildman–Crippen LogP) is 4.18. The molecule has 1 unspecified atom stereocenters. The molecule has 2 aromatic carbocycles. The molecule has 0 saturated heterocycles. The summed E-state index contributed by atoms with van der Waals surface area (Å²) >= 11 is 9.27. The van der Waals surface area contributed by atoms with Crippen LogP contribution in [0.15, 0.2) is 53.0 Å². The van der Waals surface area contributed by atoms with Crippen molar-refractivity contribution in [3.63, 3.8) is 0 Å². The number of hydrogen-bond donors (Lipinski definition) is 1. The summed E-state index contributed by atoms with van der Waals surface area (Å²) in [4.78, 5) is 0. The Hall–Kier alpha value is -0.830. The Morgan fingerprint density at radius 1 is 1.00 bits per heavy atom. The molecule has 0 heterocycles. The van der Waals surface area contributed by atoms with Crippen molar-refractivity contribution in [3.8, 4) is 0 Å². The van der Waals surface area contributed by atoms with Crippen molar-refractivity contribution < 1.29 is 5.11 Å². The van der Waals surface area contributed by atoms with E-state index in [0.717, 1.165) is 15.6 Å². The summed E-state index contributed by atoms with van der Waals surface area (Å²) in [7, 11) is 0. The largest absolute Gasteiger partial charge is 0.384 e. The quantitative estimate of drug-likeness (QED) is 0.881. The Kier molecular flexibility index (Phi) is 3.64. The van der Waals surface area contributed by atoms with Crippen molar-refractivity contribution in [1.29, 1.82) is 0 Å². The van der Waals surface area contributed by atoms with Gasteiger partial charge in [-0.1, -0.05) is 51.8 Å². The molecule has 0 fully saturated rings. The van der Waals surface area contributed by atoms with E-state index < -0.39 is 6.10 Å². The molecule has 0 radical (unpaired) electrons. The molecule has 2 aromatic rings. The van der Waals surface area contributed by atoms with Gasteiger partial charge in [0.1, 0.15) is 6.10 Å². The second kappa shape index (κ2) is 5.00. The van der Waals surface area contributed by atoms with E-state index in [1.165, 1.54) is 0 Å². The van der Waals surface area contributed by atoms with E-state index in [4.69, 9.17) is 11.6 Å². The van der Waals surface area contributed by atoms with Gasteiger partial charge >= 0.3 is 0 Å². The SMILES string of the molecule is OC(c1cccc(Cl)c1)c1cccc(Br)c1. The highest BCUT2D eigenvalue weighted by Gasteiger charge is 2.10. The van der Waals surface area contributed by atoms with Crippen molar-refractivity contribution in [3.05, 3.63) is 69.2 Å². The van der Waals surface area contributed by atoms with E-state index in [2.05, 4.69) is 15.9 Å². The molecule has 0 spiro atoms. The van der Waals surface area contributed by atoms with E-state index in [-0.39, 0.29) is 0 Å². The van der Waals surface area contributed by atoms with Gasteiger partial charge in [0.05, 0.1) is 0 Å². The fraction of sp³-hybridized carbons (Fsp3) is 0.0769. The molecule has 16 heavy (non-hydrogen) atoms. The fourth-order valence-corrected chi connectivity index (χ4v) is 2.16. The maximum Gasteiger partial charge on any atom is 0.104 e. The molecule has 0 aliphatic rings. The third-order valence-corrected chi connectivity index (χ3v) is 3.06. The van der Waals surface area contributed by atoms with Crippen LogP contribution in [0.1, 0.15) is 17.2 Å². The highest BCUT2D eigenvalue weighted by atomic mass is 79.9. The summed E-state index contributed by atoms with van der Waals surface area (Å²) < 4.78 is 0.950.